The Morgan fingerprint density at radius 2 is 2.05 bits per heavy atom. The number of hydrogen-bond acceptors (Lipinski definition) is 4. The Hall–Kier alpha value is -0.0800. The van der Waals surface area contributed by atoms with Crippen molar-refractivity contribution in [3.8, 4) is 0 Å². The van der Waals surface area contributed by atoms with Gasteiger partial charge in [-0.25, -0.2) is 13.1 Å². The Morgan fingerprint density at radius 3 is 2.67 bits per heavy atom. The Morgan fingerprint density at radius 1 is 1.38 bits per heavy atom. The molecule has 1 saturated heterocycles. The molecule has 0 amide bonds. The lowest BCUT2D eigenvalue weighted by Crippen LogP contribution is -2.31. The summed E-state index contributed by atoms with van der Waals surface area (Å²) in [6, 6.07) is 3.30. The monoisotopic (exact) mass is 393 g/mol. The molecule has 1 aliphatic heterocycles. The summed E-state index contributed by atoms with van der Waals surface area (Å²) in [5, 5.41) is 9.24. The van der Waals surface area contributed by atoms with Crippen molar-refractivity contribution in [2.45, 2.75) is 31.3 Å². The molecule has 0 unspecified atom stereocenters. The first-order valence-corrected chi connectivity index (χ1v) is 10.3. The van der Waals surface area contributed by atoms with Gasteiger partial charge in [-0.2, -0.15) is 11.8 Å². The van der Waals surface area contributed by atoms with E-state index in [0.29, 0.717) is 22.5 Å². The van der Waals surface area contributed by atoms with Crippen molar-refractivity contribution in [2.75, 3.05) is 18.1 Å². The van der Waals surface area contributed by atoms with Gasteiger partial charge in [-0.05, 0) is 70.3 Å². The third kappa shape index (κ3) is 4.45. The lowest BCUT2D eigenvalue weighted by Gasteiger charge is -2.21. The topological polar surface area (TPSA) is 66.4 Å². The molecule has 0 radical (unpaired) electrons. The molecule has 118 valence electrons. The largest absolute Gasteiger partial charge is 0.392 e. The highest BCUT2D eigenvalue weighted by atomic mass is 79.9. The fraction of sp³-hybridized carbons (Fsp3) is 0.571. The van der Waals surface area contributed by atoms with Crippen molar-refractivity contribution in [2.24, 2.45) is 5.92 Å². The van der Waals surface area contributed by atoms with E-state index in [-0.39, 0.29) is 11.5 Å². The molecule has 0 atom stereocenters. The third-order valence-electron chi connectivity index (χ3n) is 3.66. The highest BCUT2D eigenvalue weighted by Crippen LogP contribution is 2.28. The predicted octanol–water partition coefficient (Wildman–Crippen LogP) is 2.67. The Kier molecular flexibility index (Phi) is 6.14. The number of halogens is 1. The molecule has 7 heteroatoms. The summed E-state index contributed by atoms with van der Waals surface area (Å²) in [6.45, 7) is 2.13. The van der Waals surface area contributed by atoms with Crippen LogP contribution in [0.2, 0.25) is 0 Å². The molecule has 21 heavy (non-hydrogen) atoms. The van der Waals surface area contributed by atoms with Crippen LogP contribution in [0.1, 0.15) is 24.0 Å². The van der Waals surface area contributed by atoms with E-state index < -0.39 is 10.0 Å². The van der Waals surface area contributed by atoms with E-state index in [2.05, 4.69) is 20.7 Å². The predicted molar refractivity (Wildman–Crippen MR) is 90.0 cm³/mol. The summed E-state index contributed by atoms with van der Waals surface area (Å²) in [4.78, 5) is 0.205. The van der Waals surface area contributed by atoms with E-state index in [1.165, 1.54) is 6.07 Å². The second kappa shape index (κ2) is 7.46. The van der Waals surface area contributed by atoms with Gasteiger partial charge in [0.15, 0.2) is 0 Å². The highest BCUT2D eigenvalue weighted by Gasteiger charge is 2.22. The van der Waals surface area contributed by atoms with Gasteiger partial charge in [0, 0.05) is 11.0 Å². The van der Waals surface area contributed by atoms with Gasteiger partial charge in [-0.15, -0.1) is 0 Å². The van der Waals surface area contributed by atoms with Crippen molar-refractivity contribution in [1.82, 2.24) is 4.72 Å². The minimum atomic E-state index is -3.56. The Balaban J connectivity index is 2.16. The van der Waals surface area contributed by atoms with Crippen LogP contribution in [0, 0.1) is 12.8 Å². The van der Waals surface area contributed by atoms with Crippen molar-refractivity contribution in [1.29, 1.82) is 0 Å². The van der Waals surface area contributed by atoms with E-state index >= 15 is 0 Å². The maximum absolute atomic E-state index is 12.5. The zero-order valence-electron chi connectivity index (χ0n) is 11.9. The minimum absolute atomic E-state index is 0.170. The molecule has 0 aromatic heterocycles. The molecule has 1 aromatic carbocycles. The zero-order chi connectivity index (χ0) is 15.5. The molecule has 2 rings (SSSR count). The molecule has 2 N–H and O–H groups in total. The number of benzene rings is 1. The molecule has 1 aliphatic rings. The van der Waals surface area contributed by atoms with Crippen LogP contribution in [-0.4, -0.2) is 31.6 Å². The average molecular weight is 394 g/mol. The maximum atomic E-state index is 12.5. The molecule has 1 fully saturated rings. The standard InChI is InChI=1S/C14H20BrNO3S2/c1-10-6-12(9-17)7-13(14(10)15)21(18,19)16-8-11-2-4-20-5-3-11/h6-7,11,16-17H,2-5,8-9H2,1H3. The molecule has 1 heterocycles. The Bertz CT molecular complexity index is 598. The molecule has 1 aromatic rings. The summed E-state index contributed by atoms with van der Waals surface area (Å²) in [6.07, 6.45) is 2.12. The van der Waals surface area contributed by atoms with Gasteiger partial charge in [0.05, 0.1) is 11.5 Å². The zero-order valence-corrected chi connectivity index (χ0v) is 15.2. The number of rotatable bonds is 5. The van der Waals surface area contributed by atoms with Crippen molar-refractivity contribution in [3.63, 3.8) is 0 Å². The second-order valence-corrected chi connectivity index (χ2v) is 9.04. The van der Waals surface area contributed by atoms with E-state index in [1.54, 1.807) is 6.07 Å². The van der Waals surface area contributed by atoms with Crippen LogP contribution in [0.25, 0.3) is 0 Å². The minimum Gasteiger partial charge on any atom is -0.392 e. The first-order valence-electron chi connectivity index (χ1n) is 6.91. The fourth-order valence-electron chi connectivity index (χ4n) is 2.35. The average Bonchev–Trinajstić information content (AvgIpc) is 2.48. The van der Waals surface area contributed by atoms with Crippen LogP contribution in [0.15, 0.2) is 21.5 Å². The molecule has 0 saturated carbocycles. The van der Waals surface area contributed by atoms with Gasteiger partial charge in [0.25, 0.3) is 0 Å². The highest BCUT2D eigenvalue weighted by molar-refractivity contribution is 9.10. The van der Waals surface area contributed by atoms with Crippen LogP contribution in [0.5, 0.6) is 0 Å². The fourth-order valence-corrected chi connectivity index (χ4v) is 5.74. The molecule has 0 bridgehead atoms. The number of aryl methyl sites for hydroxylation is 1. The normalized spacial score (nSPS) is 17.1. The first kappa shape index (κ1) is 17.3. The molecule has 0 aliphatic carbocycles. The summed E-state index contributed by atoms with van der Waals surface area (Å²) >= 11 is 5.27. The van der Waals surface area contributed by atoms with E-state index in [4.69, 9.17) is 0 Å². The van der Waals surface area contributed by atoms with Crippen molar-refractivity contribution in [3.05, 3.63) is 27.7 Å². The number of aliphatic hydroxyl groups excluding tert-OH is 1. The van der Waals surface area contributed by atoms with Crippen LogP contribution in [-0.2, 0) is 16.6 Å². The van der Waals surface area contributed by atoms with Crippen LogP contribution in [0.4, 0.5) is 0 Å². The summed E-state index contributed by atoms with van der Waals surface area (Å²) < 4.78 is 28.3. The van der Waals surface area contributed by atoms with Crippen LogP contribution < -0.4 is 4.72 Å². The lowest BCUT2D eigenvalue weighted by atomic mass is 10.0. The van der Waals surface area contributed by atoms with Crippen LogP contribution in [0.3, 0.4) is 0 Å². The van der Waals surface area contributed by atoms with Gasteiger partial charge < -0.3 is 5.11 Å². The Labute approximate surface area is 138 Å². The molecular weight excluding hydrogens is 374 g/mol. The van der Waals surface area contributed by atoms with Gasteiger partial charge in [-0.3, -0.25) is 0 Å². The maximum Gasteiger partial charge on any atom is 0.241 e. The smallest absolute Gasteiger partial charge is 0.241 e. The van der Waals surface area contributed by atoms with E-state index in [9.17, 15) is 13.5 Å². The van der Waals surface area contributed by atoms with E-state index in [0.717, 1.165) is 29.9 Å². The molecular formula is C14H20BrNO3S2. The first-order chi connectivity index (χ1) is 9.94. The van der Waals surface area contributed by atoms with Crippen LogP contribution >= 0.6 is 27.7 Å². The quantitative estimate of drug-likeness (QED) is 0.806. The number of thioether (sulfide) groups is 1. The molecule has 4 nitrogen and oxygen atoms in total. The summed E-state index contributed by atoms with van der Waals surface area (Å²) in [5.74, 6) is 2.63. The van der Waals surface area contributed by atoms with Crippen molar-refractivity contribution >= 4 is 37.7 Å². The lowest BCUT2D eigenvalue weighted by molar-refractivity contribution is 0.281. The van der Waals surface area contributed by atoms with Crippen molar-refractivity contribution < 1.29 is 13.5 Å². The number of hydrogen-bond donors (Lipinski definition) is 2. The summed E-state index contributed by atoms with van der Waals surface area (Å²) in [7, 11) is -3.56. The number of nitrogens with one attached hydrogen (secondary N) is 1. The third-order valence-corrected chi connectivity index (χ3v) is 7.47. The van der Waals surface area contributed by atoms with Gasteiger partial charge in [0.2, 0.25) is 10.0 Å². The summed E-state index contributed by atoms with van der Waals surface area (Å²) in [5.41, 5.74) is 1.40. The van der Waals surface area contributed by atoms with Gasteiger partial charge >= 0.3 is 0 Å². The number of aliphatic hydroxyl groups is 1. The number of sulfonamides is 1. The van der Waals surface area contributed by atoms with Gasteiger partial charge in [-0.1, -0.05) is 6.07 Å². The SMILES string of the molecule is Cc1cc(CO)cc(S(=O)(=O)NCC2CCSCC2)c1Br. The molecule has 0 spiro atoms. The van der Waals surface area contributed by atoms with Gasteiger partial charge in [0.1, 0.15) is 0 Å². The van der Waals surface area contributed by atoms with E-state index in [1.807, 2.05) is 18.7 Å². The second-order valence-electron chi connectivity index (χ2n) is 5.29.